The summed E-state index contributed by atoms with van der Waals surface area (Å²) < 4.78 is 16.3. The van der Waals surface area contributed by atoms with Gasteiger partial charge in [-0.2, -0.15) is 0 Å². The van der Waals surface area contributed by atoms with Crippen molar-refractivity contribution < 1.29 is 23.8 Å². The molecule has 2 amide bonds. The minimum absolute atomic E-state index is 0.349. The van der Waals surface area contributed by atoms with Crippen LogP contribution in [0.2, 0.25) is 0 Å². The van der Waals surface area contributed by atoms with Crippen molar-refractivity contribution in [3.8, 4) is 17.2 Å². The molecular weight excluding hydrogens is 360 g/mol. The maximum Gasteiger partial charge on any atom is 0.278 e. The Morgan fingerprint density at radius 1 is 1.14 bits per heavy atom. The SMILES string of the molecule is COc1ccc(CCNC(=O)C2(C)Oc3ccc(C)cc3NC2=O)cc1OC. The Morgan fingerprint density at radius 2 is 1.89 bits per heavy atom. The molecule has 1 aliphatic heterocycles. The highest BCUT2D eigenvalue weighted by Crippen LogP contribution is 2.34. The number of fused-ring (bicyclic) bond motifs is 1. The quantitative estimate of drug-likeness (QED) is 0.748. The zero-order valence-corrected chi connectivity index (χ0v) is 16.4. The molecule has 2 aromatic carbocycles. The number of rotatable bonds is 6. The van der Waals surface area contributed by atoms with Gasteiger partial charge in [0.15, 0.2) is 11.5 Å². The first-order valence-corrected chi connectivity index (χ1v) is 8.97. The Labute approximate surface area is 164 Å². The Kier molecular flexibility index (Phi) is 5.44. The molecular formula is C21H24N2O5. The number of anilines is 1. The third-order valence-electron chi connectivity index (χ3n) is 4.71. The minimum Gasteiger partial charge on any atom is -0.493 e. The molecule has 0 aliphatic carbocycles. The molecule has 7 nitrogen and oxygen atoms in total. The number of nitrogens with one attached hydrogen (secondary N) is 2. The highest BCUT2D eigenvalue weighted by Gasteiger charge is 2.47. The van der Waals surface area contributed by atoms with E-state index in [1.807, 2.05) is 37.3 Å². The fourth-order valence-corrected chi connectivity index (χ4v) is 3.01. The van der Waals surface area contributed by atoms with Crippen LogP contribution in [0.1, 0.15) is 18.1 Å². The zero-order valence-electron chi connectivity index (χ0n) is 16.4. The first-order chi connectivity index (χ1) is 13.4. The van der Waals surface area contributed by atoms with Crippen LogP contribution >= 0.6 is 0 Å². The Bertz CT molecular complexity index is 912. The lowest BCUT2D eigenvalue weighted by atomic mass is 10.0. The van der Waals surface area contributed by atoms with Crippen molar-refractivity contribution in [3.05, 3.63) is 47.5 Å². The second-order valence-electron chi connectivity index (χ2n) is 6.78. The van der Waals surface area contributed by atoms with Crippen molar-refractivity contribution in [3.63, 3.8) is 0 Å². The Morgan fingerprint density at radius 3 is 2.61 bits per heavy atom. The van der Waals surface area contributed by atoms with Crippen molar-refractivity contribution in [2.45, 2.75) is 25.9 Å². The van der Waals surface area contributed by atoms with Crippen molar-refractivity contribution in [1.29, 1.82) is 0 Å². The van der Waals surface area contributed by atoms with Gasteiger partial charge in [-0.15, -0.1) is 0 Å². The standard InChI is InChI=1S/C21H24N2O5/c1-13-5-7-16-15(11-13)23-20(25)21(2,28-16)19(24)22-10-9-14-6-8-17(26-3)18(12-14)27-4/h5-8,11-12H,9-10H2,1-4H3,(H,22,24)(H,23,25). The first kappa shape index (κ1) is 19.5. The number of aryl methyl sites for hydroxylation is 1. The molecule has 0 aromatic heterocycles. The number of carbonyl (C=O) groups is 2. The molecule has 3 rings (SSSR count). The van der Waals surface area contributed by atoms with Gasteiger partial charge in [0.25, 0.3) is 17.4 Å². The number of amides is 2. The summed E-state index contributed by atoms with van der Waals surface area (Å²) in [6.45, 7) is 3.74. The van der Waals surface area contributed by atoms with Gasteiger partial charge in [0.05, 0.1) is 19.9 Å². The van der Waals surface area contributed by atoms with Gasteiger partial charge in [0.1, 0.15) is 5.75 Å². The third-order valence-corrected chi connectivity index (χ3v) is 4.71. The van der Waals surface area contributed by atoms with Gasteiger partial charge >= 0.3 is 0 Å². The average Bonchev–Trinajstić information content (AvgIpc) is 2.68. The van der Waals surface area contributed by atoms with Crippen molar-refractivity contribution in [2.75, 3.05) is 26.1 Å². The van der Waals surface area contributed by atoms with Crippen LogP contribution in [0.15, 0.2) is 36.4 Å². The topological polar surface area (TPSA) is 85.9 Å². The van der Waals surface area contributed by atoms with E-state index in [1.54, 1.807) is 20.3 Å². The first-order valence-electron chi connectivity index (χ1n) is 8.97. The molecule has 0 saturated heterocycles. The largest absolute Gasteiger partial charge is 0.493 e. The Hall–Kier alpha value is -3.22. The number of methoxy groups -OCH3 is 2. The number of hydrogen-bond donors (Lipinski definition) is 2. The number of ether oxygens (including phenoxy) is 3. The number of hydrogen-bond acceptors (Lipinski definition) is 5. The van der Waals surface area contributed by atoms with Gasteiger partial charge in [-0.3, -0.25) is 9.59 Å². The molecule has 28 heavy (non-hydrogen) atoms. The third kappa shape index (κ3) is 3.74. The van der Waals surface area contributed by atoms with Gasteiger partial charge in [0.2, 0.25) is 0 Å². The minimum atomic E-state index is -1.63. The zero-order chi connectivity index (χ0) is 20.3. The van der Waals surface area contributed by atoms with E-state index >= 15 is 0 Å². The molecule has 0 bridgehead atoms. The summed E-state index contributed by atoms with van der Waals surface area (Å²) in [5.41, 5.74) is 0.906. The molecule has 0 saturated carbocycles. The van der Waals surface area contributed by atoms with E-state index in [-0.39, 0.29) is 0 Å². The lowest BCUT2D eigenvalue weighted by Gasteiger charge is -2.33. The fraction of sp³-hybridized carbons (Fsp3) is 0.333. The maximum absolute atomic E-state index is 12.7. The van der Waals surface area contributed by atoms with Gasteiger partial charge < -0.3 is 24.8 Å². The summed E-state index contributed by atoms with van der Waals surface area (Å²) in [5, 5.41) is 5.54. The monoisotopic (exact) mass is 384 g/mol. The summed E-state index contributed by atoms with van der Waals surface area (Å²) in [7, 11) is 3.15. The van der Waals surface area contributed by atoms with E-state index in [0.717, 1.165) is 11.1 Å². The van der Waals surface area contributed by atoms with Crippen molar-refractivity contribution in [1.82, 2.24) is 5.32 Å². The lowest BCUT2D eigenvalue weighted by molar-refractivity contribution is -0.146. The molecule has 1 unspecified atom stereocenters. The van der Waals surface area contributed by atoms with Gasteiger partial charge in [-0.25, -0.2) is 0 Å². The predicted octanol–water partition coefficient (Wildman–Crippen LogP) is 2.46. The van der Waals surface area contributed by atoms with Crippen LogP contribution in [-0.4, -0.2) is 38.2 Å². The molecule has 0 spiro atoms. The van der Waals surface area contributed by atoms with E-state index in [4.69, 9.17) is 14.2 Å². The molecule has 2 aromatic rings. The molecule has 2 N–H and O–H groups in total. The molecule has 0 radical (unpaired) electrons. The molecule has 1 heterocycles. The van der Waals surface area contributed by atoms with Gasteiger partial charge in [-0.1, -0.05) is 12.1 Å². The second kappa shape index (κ2) is 7.80. The van der Waals surface area contributed by atoms with E-state index in [2.05, 4.69) is 10.6 Å². The maximum atomic E-state index is 12.7. The van der Waals surface area contributed by atoms with Crippen molar-refractivity contribution in [2.24, 2.45) is 0 Å². The molecule has 1 atom stereocenters. The van der Waals surface area contributed by atoms with E-state index in [9.17, 15) is 9.59 Å². The van der Waals surface area contributed by atoms with Crippen LogP contribution in [0.5, 0.6) is 17.2 Å². The summed E-state index contributed by atoms with van der Waals surface area (Å²) in [6, 6.07) is 11.0. The lowest BCUT2D eigenvalue weighted by Crippen LogP contribution is -2.58. The highest BCUT2D eigenvalue weighted by molar-refractivity contribution is 6.15. The summed E-state index contributed by atoms with van der Waals surface area (Å²) in [6.07, 6.45) is 0.569. The number of benzene rings is 2. The second-order valence-corrected chi connectivity index (χ2v) is 6.78. The summed E-state index contributed by atoms with van der Waals surface area (Å²) in [5.74, 6) is 0.762. The van der Waals surface area contributed by atoms with Crippen LogP contribution in [-0.2, 0) is 16.0 Å². The van der Waals surface area contributed by atoms with Gasteiger partial charge in [-0.05, 0) is 55.7 Å². The van der Waals surface area contributed by atoms with Crippen molar-refractivity contribution >= 4 is 17.5 Å². The molecule has 7 heteroatoms. The highest BCUT2D eigenvalue weighted by atomic mass is 16.5. The predicted molar refractivity (Wildman–Crippen MR) is 105 cm³/mol. The molecule has 1 aliphatic rings. The van der Waals surface area contributed by atoms with E-state index in [0.29, 0.717) is 35.9 Å². The molecule has 0 fully saturated rings. The van der Waals surface area contributed by atoms with Crippen LogP contribution in [0.4, 0.5) is 5.69 Å². The smallest absolute Gasteiger partial charge is 0.278 e. The van der Waals surface area contributed by atoms with E-state index < -0.39 is 17.4 Å². The van der Waals surface area contributed by atoms with Crippen LogP contribution in [0.25, 0.3) is 0 Å². The fourth-order valence-electron chi connectivity index (χ4n) is 3.01. The average molecular weight is 384 g/mol. The summed E-state index contributed by atoms with van der Waals surface area (Å²) in [4.78, 5) is 25.2. The van der Waals surface area contributed by atoms with Crippen LogP contribution < -0.4 is 24.8 Å². The van der Waals surface area contributed by atoms with Crippen LogP contribution in [0.3, 0.4) is 0 Å². The van der Waals surface area contributed by atoms with Crippen LogP contribution in [0, 0.1) is 6.92 Å². The Balaban J connectivity index is 1.64. The molecule has 148 valence electrons. The van der Waals surface area contributed by atoms with Gasteiger partial charge in [0, 0.05) is 6.54 Å². The number of carbonyl (C=O) groups excluding carboxylic acids is 2. The summed E-state index contributed by atoms with van der Waals surface area (Å²) >= 11 is 0. The normalized spacial score (nSPS) is 17.8. The van der Waals surface area contributed by atoms with E-state index in [1.165, 1.54) is 6.92 Å².